The Bertz CT molecular complexity index is 406. The predicted octanol–water partition coefficient (Wildman–Crippen LogP) is 1.91. The van der Waals surface area contributed by atoms with E-state index >= 15 is 0 Å². The van der Waals surface area contributed by atoms with Gasteiger partial charge in [0.2, 0.25) is 5.91 Å². The highest BCUT2D eigenvalue weighted by atomic mass is 35.5. The van der Waals surface area contributed by atoms with Gasteiger partial charge < -0.3 is 16.8 Å². The maximum atomic E-state index is 10.7. The van der Waals surface area contributed by atoms with Gasteiger partial charge in [-0.3, -0.25) is 4.79 Å². The number of nitrogens with two attached hydrogens (primary N) is 2. The predicted molar refractivity (Wildman–Crippen MR) is 67.5 cm³/mol. The zero-order valence-electron chi connectivity index (χ0n) is 9.38. The third-order valence-electron chi connectivity index (χ3n) is 2.25. The van der Waals surface area contributed by atoms with Gasteiger partial charge in [-0.05, 0) is 31.5 Å². The lowest BCUT2D eigenvalue weighted by Gasteiger charge is -2.16. The number of rotatable bonds is 4. The lowest BCUT2D eigenvalue weighted by molar-refractivity contribution is -0.118. The van der Waals surface area contributed by atoms with Crippen molar-refractivity contribution in [3.63, 3.8) is 0 Å². The largest absolute Gasteiger partial charge is 0.398 e. The van der Waals surface area contributed by atoms with Gasteiger partial charge in [0.15, 0.2) is 0 Å². The molecule has 0 heterocycles. The second-order valence-corrected chi connectivity index (χ2v) is 4.31. The van der Waals surface area contributed by atoms with Crippen LogP contribution < -0.4 is 16.8 Å². The molecule has 1 unspecified atom stereocenters. The third kappa shape index (κ3) is 3.31. The molecule has 1 aromatic rings. The number of anilines is 2. The van der Waals surface area contributed by atoms with Crippen LogP contribution in [0, 0.1) is 6.92 Å². The number of nitrogen functional groups attached to an aromatic ring is 1. The maximum absolute atomic E-state index is 10.7. The second kappa shape index (κ2) is 5.07. The van der Waals surface area contributed by atoms with E-state index in [0.717, 1.165) is 11.3 Å². The maximum Gasteiger partial charge on any atom is 0.219 e. The molecule has 0 saturated carbocycles. The van der Waals surface area contributed by atoms with E-state index in [0.29, 0.717) is 10.7 Å². The fraction of sp³-hybridized carbons (Fsp3) is 0.364. The highest BCUT2D eigenvalue weighted by molar-refractivity contribution is 6.33. The first-order valence-corrected chi connectivity index (χ1v) is 5.38. The fourth-order valence-corrected chi connectivity index (χ4v) is 1.64. The Hall–Kier alpha value is -1.42. The van der Waals surface area contributed by atoms with Crippen LogP contribution in [0.4, 0.5) is 11.4 Å². The van der Waals surface area contributed by atoms with Crippen LogP contribution in [0.25, 0.3) is 0 Å². The average Bonchev–Trinajstić information content (AvgIpc) is 2.12. The van der Waals surface area contributed by atoms with Crippen molar-refractivity contribution in [2.75, 3.05) is 11.1 Å². The molecule has 1 atom stereocenters. The first kappa shape index (κ1) is 12.6. The van der Waals surface area contributed by atoms with E-state index in [1.807, 2.05) is 13.8 Å². The molecule has 4 nitrogen and oxygen atoms in total. The van der Waals surface area contributed by atoms with Crippen molar-refractivity contribution in [3.8, 4) is 0 Å². The molecule has 0 aliphatic carbocycles. The molecule has 1 aromatic carbocycles. The monoisotopic (exact) mass is 241 g/mol. The molecule has 5 heteroatoms. The summed E-state index contributed by atoms with van der Waals surface area (Å²) >= 11 is 5.92. The number of carbonyl (C=O) groups is 1. The Balaban J connectivity index is 2.81. The Morgan fingerprint density at radius 2 is 2.19 bits per heavy atom. The number of aryl methyl sites for hydroxylation is 1. The molecule has 0 bridgehead atoms. The zero-order valence-corrected chi connectivity index (χ0v) is 10.1. The van der Waals surface area contributed by atoms with E-state index in [-0.39, 0.29) is 18.4 Å². The summed E-state index contributed by atoms with van der Waals surface area (Å²) in [5.41, 5.74) is 13.2. The first-order valence-electron chi connectivity index (χ1n) is 5.00. The van der Waals surface area contributed by atoms with Gasteiger partial charge in [-0.2, -0.15) is 0 Å². The molecule has 0 spiro atoms. The summed E-state index contributed by atoms with van der Waals surface area (Å²) in [6.45, 7) is 3.81. The van der Waals surface area contributed by atoms with Gasteiger partial charge in [0.1, 0.15) is 0 Å². The van der Waals surface area contributed by atoms with Crippen LogP contribution in [0.3, 0.4) is 0 Å². The SMILES string of the molecule is Cc1cc(N)c(Cl)cc1NC(C)CC(N)=O. The molecule has 0 radical (unpaired) electrons. The molecule has 5 N–H and O–H groups in total. The summed E-state index contributed by atoms with van der Waals surface area (Å²) in [5, 5.41) is 3.67. The number of nitrogens with one attached hydrogen (secondary N) is 1. The summed E-state index contributed by atoms with van der Waals surface area (Å²) < 4.78 is 0. The van der Waals surface area contributed by atoms with Crippen molar-refractivity contribution in [1.82, 2.24) is 0 Å². The smallest absolute Gasteiger partial charge is 0.219 e. The van der Waals surface area contributed by atoms with Crippen LogP contribution in [0.5, 0.6) is 0 Å². The van der Waals surface area contributed by atoms with Gasteiger partial charge in [0.05, 0.1) is 10.7 Å². The summed E-state index contributed by atoms with van der Waals surface area (Å²) in [4.78, 5) is 10.7. The normalized spacial score (nSPS) is 12.2. The summed E-state index contributed by atoms with van der Waals surface area (Å²) in [5.74, 6) is -0.334. The standard InChI is InChI=1S/C11H16ClN3O/c1-6-3-9(13)8(12)5-10(6)15-7(2)4-11(14)16/h3,5,7,15H,4,13H2,1-2H3,(H2,14,16). The first-order chi connectivity index (χ1) is 7.40. The Morgan fingerprint density at radius 3 is 2.75 bits per heavy atom. The van der Waals surface area contributed by atoms with Crippen LogP contribution in [0.1, 0.15) is 18.9 Å². The van der Waals surface area contributed by atoms with Gasteiger partial charge in [-0.15, -0.1) is 0 Å². The van der Waals surface area contributed by atoms with Crippen molar-refractivity contribution in [2.24, 2.45) is 5.73 Å². The highest BCUT2D eigenvalue weighted by Crippen LogP contribution is 2.27. The van der Waals surface area contributed by atoms with Crippen molar-refractivity contribution < 1.29 is 4.79 Å². The van der Waals surface area contributed by atoms with Crippen LogP contribution in [-0.2, 0) is 4.79 Å². The molecule has 0 aliphatic heterocycles. The Labute approximate surface area is 100.0 Å². The molecular formula is C11H16ClN3O. The number of amides is 1. The summed E-state index contributed by atoms with van der Waals surface area (Å²) in [6.07, 6.45) is 0.279. The number of carbonyl (C=O) groups excluding carboxylic acids is 1. The van der Waals surface area contributed by atoms with Crippen LogP contribution in [0.2, 0.25) is 5.02 Å². The van der Waals surface area contributed by atoms with E-state index in [4.69, 9.17) is 23.1 Å². The van der Waals surface area contributed by atoms with Gasteiger partial charge in [-0.25, -0.2) is 0 Å². The third-order valence-corrected chi connectivity index (χ3v) is 2.58. The van der Waals surface area contributed by atoms with E-state index < -0.39 is 0 Å². The highest BCUT2D eigenvalue weighted by Gasteiger charge is 2.09. The molecule has 1 amide bonds. The van der Waals surface area contributed by atoms with E-state index in [1.165, 1.54) is 0 Å². The second-order valence-electron chi connectivity index (χ2n) is 3.90. The minimum absolute atomic E-state index is 0.0316. The molecular weight excluding hydrogens is 226 g/mol. The van der Waals surface area contributed by atoms with Gasteiger partial charge >= 0.3 is 0 Å². The Kier molecular flexibility index (Phi) is 4.01. The quantitative estimate of drug-likeness (QED) is 0.705. The average molecular weight is 242 g/mol. The van der Waals surface area contributed by atoms with Crippen LogP contribution in [-0.4, -0.2) is 11.9 Å². The molecule has 0 aliphatic rings. The number of hydrogen-bond donors (Lipinski definition) is 3. The number of benzene rings is 1. The Morgan fingerprint density at radius 1 is 1.56 bits per heavy atom. The van der Waals surface area contributed by atoms with Crippen molar-refractivity contribution >= 4 is 28.9 Å². The van der Waals surface area contributed by atoms with Gasteiger partial charge in [0, 0.05) is 18.2 Å². The molecule has 0 aromatic heterocycles. The topological polar surface area (TPSA) is 81.1 Å². The lowest BCUT2D eigenvalue weighted by Crippen LogP contribution is -2.24. The molecule has 88 valence electrons. The number of primary amides is 1. The lowest BCUT2D eigenvalue weighted by atomic mass is 10.1. The van der Waals surface area contributed by atoms with E-state index in [9.17, 15) is 4.79 Å². The zero-order chi connectivity index (χ0) is 12.3. The minimum Gasteiger partial charge on any atom is -0.398 e. The van der Waals surface area contributed by atoms with Gasteiger partial charge in [0.25, 0.3) is 0 Å². The molecule has 0 fully saturated rings. The van der Waals surface area contributed by atoms with Crippen molar-refractivity contribution in [3.05, 3.63) is 22.7 Å². The molecule has 1 rings (SSSR count). The molecule has 16 heavy (non-hydrogen) atoms. The van der Waals surface area contributed by atoms with Crippen LogP contribution >= 0.6 is 11.6 Å². The fourth-order valence-electron chi connectivity index (χ4n) is 1.48. The van der Waals surface area contributed by atoms with E-state index in [1.54, 1.807) is 12.1 Å². The minimum atomic E-state index is -0.334. The number of hydrogen-bond acceptors (Lipinski definition) is 3. The van der Waals surface area contributed by atoms with Gasteiger partial charge in [-0.1, -0.05) is 11.6 Å². The summed E-state index contributed by atoms with van der Waals surface area (Å²) in [6, 6.07) is 3.52. The van der Waals surface area contributed by atoms with Crippen molar-refractivity contribution in [1.29, 1.82) is 0 Å². The summed E-state index contributed by atoms with van der Waals surface area (Å²) in [7, 11) is 0. The van der Waals surface area contributed by atoms with Crippen molar-refractivity contribution in [2.45, 2.75) is 26.3 Å². The molecule has 0 saturated heterocycles. The van der Waals surface area contributed by atoms with Crippen LogP contribution in [0.15, 0.2) is 12.1 Å². The van der Waals surface area contributed by atoms with E-state index in [2.05, 4.69) is 5.32 Å². The number of halogens is 1.